The van der Waals surface area contributed by atoms with Crippen molar-refractivity contribution in [2.24, 2.45) is 0 Å². The molecule has 1 aliphatic rings. The molecule has 1 N–H and O–H groups in total. The minimum Gasteiger partial charge on any atom is -0.374 e. The maximum absolute atomic E-state index is 11.6. The molecule has 3 heteroatoms. The zero-order valence-corrected chi connectivity index (χ0v) is 9.05. The molecule has 0 radical (unpaired) electrons. The fourth-order valence-corrected chi connectivity index (χ4v) is 1.72. The average Bonchev–Trinajstić information content (AvgIpc) is 2.46. The zero-order valence-electron chi connectivity index (χ0n) is 9.05. The van der Waals surface area contributed by atoms with E-state index in [1.165, 1.54) is 12.8 Å². The molecule has 1 fully saturated rings. The number of hydrogen-bond acceptors (Lipinski definition) is 3. The molecule has 0 aromatic heterocycles. The van der Waals surface area contributed by atoms with E-state index < -0.39 is 0 Å². The van der Waals surface area contributed by atoms with Gasteiger partial charge in [-0.15, -0.1) is 0 Å². The first-order valence-electron chi connectivity index (χ1n) is 5.68. The van der Waals surface area contributed by atoms with Crippen molar-refractivity contribution in [3.63, 3.8) is 0 Å². The van der Waals surface area contributed by atoms with Gasteiger partial charge in [-0.3, -0.25) is 4.79 Å². The first-order chi connectivity index (χ1) is 6.84. The summed E-state index contributed by atoms with van der Waals surface area (Å²) >= 11 is 0. The van der Waals surface area contributed by atoms with Crippen LogP contribution in [0.15, 0.2) is 0 Å². The molecule has 0 amide bonds. The molecule has 0 spiro atoms. The van der Waals surface area contributed by atoms with Gasteiger partial charge in [0, 0.05) is 6.61 Å². The predicted molar refractivity (Wildman–Crippen MR) is 56.4 cm³/mol. The Morgan fingerprint density at radius 1 is 1.43 bits per heavy atom. The molecule has 0 aliphatic carbocycles. The topological polar surface area (TPSA) is 38.3 Å². The van der Waals surface area contributed by atoms with Gasteiger partial charge in [0.15, 0.2) is 5.78 Å². The van der Waals surface area contributed by atoms with Gasteiger partial charge in [-0.1, -0.05) is 19.8 Å². The summed E-state index contributed by atoms with van der Waals surface area (Å²) in [6.07, 6.45) is 5.56. The lowest BCUT2D eigenvalue weighted by Gasteiger charge is -2.14. The summed E-state index contributed by atoms with van der Waals surface area (Å²) in [5, 5.41) is 3.28. The number of Topliss-reactive ketones (excluding diaryl/α,β-unsaturated/α-hetero) is 1. The van der Waals surface area contributed by atoms with Gasteiger partial charge >= 0.3 is 0 Å². The van der Waals surface area contributed by atoms with Crippen molar-refractivity contribution in [2.75, 3.05) is 19.8 Å². The molecule has 82 valence electrons. The second-order valence-corrected chi connectivity index (χ2v) is 3.87. The molecule has 0 saturated carbocycles. The lowest BCUT2D eigenvalue weighted by Crippen LogP contribution is -2.38. The number of nitrogens with one attached hydrogen (secondary N) is 1. The van der Waals surface area contributed by atoms with Gasteiger partial charge in [0.25, 0.3) is 0 Å². The standard InChI is InChI=1S/C11H21NO2/c1-2-8-14-9-11(13)10-6-4-3-5-7-12-10/h10,12H,2-9H2,1H3. The van der Waals surface area contributed by atoms with Crippen LogP contribution in [0.2, 0.25) is 0 Å². The van der Waals surface area contributed by atoms with Gasteiger partial charge < -0.3 is 10.1 Å². The Labute approximate surface area is 86.2 Å². The summed E-state index contributed by atoms with van der Waals surface area (Å²) in [5.41, 5.74) is 0. The molecule has 1 aliphatic heterocycles. The third-order valence-electron chi connectivity index (χ3n) is 2.54. The van der Waals surface area contributed by atoms with E-state index in [9.17, 15) is 4.79 Å². The van der Waals surface area contributed by atoms with Crippen molar-refractivity contribution in [3.05, 3.63) is 0 Å². The Morgan fingerprint density at radius 3 is 3.07 bits per heavy atom. The average molecular weight is 199 g/mol. The van der Waals surface area contributed by atoms with E-state index in [0.717, 1.165) is 25.8 Å². The van der Waals surface area contributed by atoms with E-state index in [0.29, 0.717) is 6.61 Å². The highest BCUT2D eigenvalue weighted by Gasteiger charge is 2.18. The molecular weight excluding hydrogens is 178 g/mol. The van der Waals surface area contributed by atoms with Crippen LogP contribution in [0.25, 0.3) is 0 Å². The Hall–Kier alpha value is -0.410. The lowest BCUT2D eigenvalue weighted by atomic mass is 10.1. The summed E-state index contributed by atoms with van der Waals surface area (Å²) in [6, 6.07) is 0.0503. The number of carbonyl (C=O) groups excluding carboxylic acids is 1. The molecule has 1 heterocycles. The summed E-state index contributed by atoms with van der Waals surface area (Å²) in [7, 11) is 0. The smallest absolute Gasteiger partial charge is 0.175 e. The molecule has 0 aromatic carbocycles. The SMILES string of the molecule is CCCOCC(=O)C1CCCCCN1. The Balaban J connectivity index is 2.20. The first-order valence-corrected chi connectivity index (χ1v) is 5.68. The van der Waals surface area contributed by atoms with Crippen molar-refractivity contribution in [3.8, 4) is 0 Å². The second kappa shape index (κ2) is 6.96. The third-order valence-corrected chi connectivity index (χ3v) is 2.54. The molecule has 0 bridgehead atoms. The van der Waals surface area contributed by atoms with Crippen LogP contribution in [0.1, 0.15) is 39.0 Å². The van der Waals surface area contributed by atoms with Crippen LogP contribution >= 0.6 is 0 Å². The van der Waals surface area contributed by atoms with Gasteiger partial charge in [0.1, 0.15) is 6.61 Å². The second-order valence-electron chi connectivity index (χ2n) is 3.87. The Bertz CT molecular complexity index is 163. The maximum atomic E-state index is 11.6. The summed E-state index contributed by atoms with van der Waals surface area (Å²) in [5.74, 6) is 0.223. The normalized spacial score (nSPS) is 23.1. The molecule has 14 heavy (non-hydrogen) atoms. The van der Waals surface area contributed by atoms with Gasteiger partial charge in [-0.2, -0.15) is 0 Å². The highest BCUT2D eigenvalue weighted by atomic mass is 16.5. The van der Waals surface area contributed by atoms with Crippen LogP contribution in [-0.4, -0.2) is 31.6 Å². The van der Waals surface area contributed by atoms with E-state index in [1.54, 1.807) is 0 Å². The first kappa shape index (κ1) is 11.7. The maximum Gasteiger partial charge on any atom is 0.175 e. The number of ketones is 1. The number of rotatable bonds is 5. The third kappa shape index (κ3) is 4.20. The molecule has 1 rings (SSSR count). The van der Waals surface area contributed by atoms with Gasteiger partial charge in [0.2, 0.25) is 0 Å². The Kier molecular flexibility index (Phi) is 5.80. The fraction of sp³-hybridized carbons (Fsp3) is 0.909. The van der Waals surface area contributed by atoms with E-state index in [1.807, 2.05) is 6.92 Å². The number of hydrogen-bond donors (Lipinski definition) is 1. The minimum atomic E-state index is 0.0503. The zero-order chi connectivity index (χ0) is 10.2. The van der Waals surface area contributed by atoms with Gasteiger partial charge in [0.05, 0.1) is 6.04 Å². The van der Waals surface area contributed by atoms with Crippen LogP contribution in [0, 0.1) is 0 Å². The number of carbonyl (C=O) groups is 1. The van der Waals surface area contributed by atoms with E-state index in [2.05, 4.69) is 5.32 Å². The molecule has 1 atom stereocenters. The van der Waals surface area contributed by atoms with Crippen molar-refractivity contribution in [1.29, 1.82) is 0 Å². The van der Waals surface area contributed by atoms with Crippen LogP contribution in [-0.2, 0) is 9.53 Å². The summed E-state index contributed by atoms with van der Waals surface area (Å²) in [6.45, 7) is 4.00. The fourth-order valence-electron chi connectivity index (χ4n) is 1.72. The van der Waals surface area contributed by atoms with E-state index in [-0.39, 0.29) is 18.4 Å². The lowest BCUT2D eigenvalue weighted by molar-refractivity contribution is -0.125. The van der Waals surface area contributed by atoms with Crippen LogP contribution in [0.5, 0.6) is 0 Å². The monoisotopic (exact) mass is 199 g/mol. The van der Waals surface area contributed by atoms with E-state index in [4.69, 9.17) is 4.74 Å². The van der Waals surface area contributed by atoms with Crippen LogP contribution < -0.4 is 5.32 Å². The summed E-state index contributed by atoms with van der Waals surface area (Å²) in [4.78, 5) is 11.6. The Morgan fingerprint density at radius 2 is 2.29 bits per heavy atom. The molecule has 3 nitrogen and oxygen atoms in total. The number of ether oxygens (including phenoxy) is 1. The van der Waals surface area contributed by atoms with Crippen molar-refractivity contribution in [2.45, 2.75) is 45.1 Å². The van der Waals surface area contributed by atoms with Crippen molar-refractivity contribution in [1.82, 2.24) is 5.32 Å². The molecule has 1 saturated heterocycles. The van der Waals surface area contributed by atoms with Gasteiger partial charge in [-0.05, 0) is 25.8 Å². The van der Waals surface area contributed by atoms with Crippen LogP contribution in [0.3, 0.4) is 0 Å². The minimum absolute atomic E-state index is 0.0503. The van der Waals surface area contributed by atoms with Crippen molar-refractivity contribution >= 4 is 5.78 Å². The van der Waals surface area contributed by atoms with E-state index >= 15 is 0 Å². The van der Waals surface area contributed by atoms with Gasteiger partial charge in [-0.25, -0.2) is 0 Å². The van der Waals surface area contributed by atoms with Crippen molar-refractivity contribution < 1.29 is 9.53 Å². The largest absolute Gasteiger partial charge is 0.374 e. The molecule has 1 unspecified atom stereocenters. The van der Waals surface area contributed by atoms with Crippen LogP contribution in [0.4, 0.5) is 0 Å². The highest BCUT2D eigenvalue weighted by Crippen LogP contribution is 2.09. The summed E-state index contributed by atoms with van der Waals surface area (Å²) < 4.78 is 5.25. The highest BCUT2D eigenvalue weighted by molar-refractivity contribution is 5.85. The predicted octanol–water partition coefficient (Wildman–Crippen LogP) is 1.51. The molecule has 0 aromatic rings. The quantitative estimate of drug-likeness (QED) is 0.682. The molecular formula is C11H21NO2.